The van der Waals surface area contributed by atoms with Crippen LogP contribution in [0.1, 0.15) is 60.3 Å². The fourth-order valence-corrected chi connectivity index (χ4v) is 2.07. The van der Waals surface area contributed by atoms with Gasteiger partial charge in [-0.2, -0.15) is 0 Å². The molecule has 0 saturated carbocycles. The van der Waals surface area contributed by atoms with E-state index < -0.39 is 0 Å². The summed E-state index contributed by atoms with van der Waals surface area (Å²) in [6, 6.07) is 0. The first kappa shape index (κ1) is 20.9. The first-order valence-corrected chi connectivity index (χ1v) is 9.07. The average Bonchev–Trinajstić information content (AvgIpc) is 2.43. The highest BCUT2D eigenvalue weighted by atomic mass is 16.5. The lowest BCUT2D eigenvalue weighted by Crippen LogP contribution is -2.35. The van der Waals surface area contributed by atoms with E-state index in [0.29, 0.717) is 0 Å². The maximum absolute atomic E-state index is 5.56. The maximum Gasteiger partial charge on any atom is 0.0590 e. The minimum atomic E-state index is 0.798. The van der Waals surface area contributed by atoms with E-state index >= 15 is 0 Å². The molecule has 21 heavy (non-hydrogen) atoms. The van der Waals surface area contributed by atoms with Crippen molar-refractivity contribution >= 4 is 0 Å². The summed E-state index contributed by atoms with van der Waals surface area (Å²) in [5.41, 5.74) is 0. The standard InChI is InChI=1S/C18H40N2O/c1-6-7-15-21-16-11-19-10-14-20(12-8-17(2)3)13-9-18(4)5/h17-19H,6-16H2,1-5H3. The van der Waals surface area contributed by atoms with Gasteiger partial charge in [-0.25, -0.2) is 0 Å². The molecule has 0 aliphatic rings. The number of unbranched alkanes of at least 4 members (excludes halogenated alkanes) is 1. The van der Waals surface area contributed by atoms with Crippen LogP contribution in [-0.4, -0.2) is 50.8 Å². The highest BCUT2D eigenvalue weighted by Crippen LogP contribution is 2.06. The van der Waals surface area contributed by atoms with Gasteiger partial charge in [-0.1, -0.05) is 41.0 Å². The fourth-order valence-electron chi connectivity index (χ4n) is 2.07. The second-order valence-corrected chi connectivity index (χ2v) is 6.92. The van der Waals surface area contributed by atoms with Gasteiger partial charge in [-0.3, -0.25) is 0 Å². The van der Waals surface area contributed by atoms with Crippen LogP contribution in [0.2, 0.25) is 0 Å². The molecular formula is C18H40N2O. The summed E-state index contributed by atoms with van der Waals surface area (Å²) in [5, 5.41) is 3.50. The van der Waals surface area contributed by atoms with Crippen LogP contribution in [0.15, 0.2) is 0 Å². The van der Waals surface area contributed by atoms with E-state index in [4.69, 9.17) is 4.74 Å². The number of nitrogens with zero attached hydrogens (tertiary/aromatic N) is 1. The highest BCUT2D eigenvalue weighted by molar-refractivity contribution is 4.63. The van der Waals surface area contributed by atoms with Crippen molar-refractivity contribution in [2.45, 2.75) is 60.3 Å². The first-order chi connectivity index (χ1) is 10.1. The Morgan fingerprint density at radius 3 is 2.00 bits per heavy atom. The van der Waals surface area contributed by atoms with E-state index in [-0.39, 0.29) is 0 Å². The SMILES string of the molecule is CCCCOCCNCCN(CCC(C)C)CCC(C)C. The Balaban J connectivity index is 3.64. The Morgan fingerprint density at radius 2 is 1.48 bits per heavy atom. The summed E-state index contributed by atoms with van der Waals surface area (Å²) < 4.78 is 5.56. The van der Waals surface area contributed by atoms with Crippen LogP contribution in [0, 0.1) is 11.8 Å². The second kappa shape index (κ2) is 14.8. The second-order valence-electron chi connectivity index (χ2n) is 6.92. The van der Waals surface area contributed by atoms with Crippen LogP contribution in [0.25, 0.3) is 0 Å². The topological polar surface area (TPSA) is 24.5 Å². The number of ether oxygens (including phenoxy) is 1. The number of nitrogens with one attached hydrogen (secondary N) is 1. The van der Waals surface area contributed by atoms with E-state index in [2.05, 4.69) is 44.8 Å². The lowest BCUT2D eigenvalue weighted by molar-refractivity contribution is 0.132. The molecule has 0 radical (unpaired) electrons. The Kier molecular flexibility index (Phi) is 14.7. The van der Waals surface area contributed by atoms with Crippen molar-refractivity contribution in [3.05, 3.63) is 0 Å². The highest BCUT2D eigenvalue weighted by Gasteiger charge is 2.07. The Hall–Kier alpha value is -0.120. The summed E-state index contributed by atoms with van der Waals surface area (Å²) in [6.07, 6.45) is 5.00. The summed E-state index contributed by atoms with van der Waals surface area (Å²) in [4.78, 5) is 2.62. The zero-order valence-electron chi connectivity index (χ0n) is 15.3. The van der Waals surface area contributed by atoms with Gasteiger partial charge in [0.05, 0.1) is 6.61 Å². The van der Waals surface area contributed by atoms with Gasteiger partial charge in [-0.05, 0) is 44.2 Å². The third-order valence-corrected chi connectivity index (χ3v) is 3.72. The molecule has 0 aromatic carbocycles. The first-order valence-electron chi connectivity index (χ1n) is 9.07. The van der Waals surface area contributed by atoms with Gasteiger partial charge in [0.1, 0.15) is 0 Å². The molecule has 0 aliphatic carbocycles. The molecule has 0 heterocycles. The van der Waals surface area contributed by atoms with Crippen LogP contribution < -0.4 is 5.32 Å². The molecule has 0 bridgehead atoms. The smallest absolute Gasteiger partial charge is 0.0590 e. The molecule has 0 unspecified atom stereocenters. The summed E-state index contributed by atoms with van der Waals surface area (Å²) in [6.45, 7) is 18.9. The van der Waals surface area contributed by atoms with E-state index in [9.17, 15) is 0 Å². The van der Waals surface area contributed by atoms with Crippen molar-refractivity contribution in [1.29, 1.82) is 0 Å². The van der Waals surface area contributed by atoms with E-state index in [1.807, 2.05) is 0 Å². The van der Waals surface area contributed by atoms with E-state index in [1.54, 1.807) is 0 Å². The number of hydrogen-bond donors (Lipinski definition) is 1. The van der Waals surface area contributed by atoms with Crippen LogP contribution in [0.3, 0.4) is 0 Å². The van der Waals surface area contributed by atoms with Crippen molar-refractivity contribution in [1.82, 2.24) is 10.2 Å². The summed E-state index contributed by atoms with van der Waals surface area (Å²) in [7, 11) is 0. The van der Waals surface area contributed by atoms with Crippen LogP contribution in [0.4, 0.5) is 0 Å². The molecule has 0 aliphatic heterocycles. The van der Waals surface area contributed by atoms with Crippen LogP contribution >= 0.6 is 0 Å². The monoisotopic (exact) mass is 300 g/mol. The minimum Gasteiger partial charge on any atom is -0.380 e. The molecule has 0 rings (SSSR count). The van der Waals surface area contributed by atoms with E-state index in [0.717, 1.165) is 44.7 Å². The molecule has 3 nitrogen and oxygen atoms in total. The van der Waals surface area contributed by atoms with Crippen molar-refractivity contribution < 1.29 is 4.74 Å². The molecule has 0 fully saturated rings. The molecule has 0 atom stereocenters. The molecule has 128 valence electrons. The number of rotatable bonds is 15. The number of hydrogen-bond acceptors (Lipinski definition) is 3. The van der Waals surface area contributed by atoms with E-state index in [1.165, 1.54) is 38.8 Å². The molecule has 0 aromatic rings. The van der Waals surface area contributed by atoms with Crippen molar-refractivity contribution in [3.63, 3.8) is 0 Å². The fraction of sp³-hybridized carbons (Fsp3) is 1.00. The maximum atomic E-state index is 5.56. The van der Waals surface area contributed by atoms with Crippen molar-refractivity contribution in [2.75, 3.05) is 45.9 Å². The Bertz CT molecular complexity index is 195. The summed E-state index contributed by atoms with van der Waals surface area (Å²) >= 11 is 0. The van der Waals surface area contributed by atoms with Crippen molar-refractivity contribution in [2.24, 2.45) is 11.8 Å². The third kappa shape index (κ3) is 16.1. The molecule has 0 spiro atoms. The predicted molar refractivity (Wildman–Crippen MR) is 93.9 cm³/mol. The quantitative estimate of drug-likeness (QED) is 0.466. The average molecular weight is 301 g/mol. The molecule has 0 aromatic heterocycles. The van der Waals surface area contributed by atoms with Gasteiger partial charge >= 0.3 is 0 Å². The van der Waals surface area contributed by atoms with Gasteiger partial charge in [0.25, 0.3) is 0 Å². The molecule has 3 heteroatoms. The zero-order valence-corrected chi connectivity index (χ0v) is 15.3. The van der Waals surface area contributed by atoms with Gasteiger partial charge in [0.2, 0.25) is 0 Å². The van der Waals surface area contributed by atoms with Gasteiger partial charge in [-0.15, -0.1) is 0 Å². The van der Waals surface area contributed by atoms with Gasteiger partial charge in [0.15, 0.2) is 0 Å². The van der Waals surface area contributed by atoms with Crippen LogP contribution in [0.5, 0.6) is 0 Å². The van der Waals surface area contributed by atoms with Gasteiger partial charge in [0, 0.05) is 26.2 Å². The predicted octanol–water partition coefficient (Wildman–Crippen LogP) is 3.79. The van der Waals surface area contributed by atoms with Crippen LogP contribution in [-0.2, 0) is 4.74 Å². The molecule has 1 N–H and O–H groups in total. The van der Waals surface area contributed by atoms with Gasteiger partial charge < -0.3 is 15.0 Å². The largest absolute Gasteiger partial charge is 0.380 e. The lowest BCUT2D eigenvalue weighted by atomic mass is 10.1. The Morgan fingerprint density at radius 1 is 0.857 bits per heavy atom. The normalized spacial score (nSPS) is 12.0. The minimum absolute atomic E-state index is 0.798. The molecule has 0 amide bonds. The molecule has 0 saturated heterocycles. The molecular weight excluding hydrogens is 260 g/mol. The summed E-state index contributed by atoms with van der Waals surface area (Å²) in [5.74, 6) is 1.60. The third-order valence-electron chi connectivity index (χ3n) is 3.72. The lowest BCUT2D eigenvalue weighted by Gasteiger charge is -2.24. The zero-order chi connectivity index (χ0) is 15.9. The Labute approximate surface area is 133 Å². The van der Waals surface area contributed by atoms with Crippen molar-refractivity contribution in [3.8, 4) is 0 Å².